The molecular formula is C10H10O2S. The maximum absolute atomic E-state index is 11.3. The van der Waals surface area contributed by atoms with Crippen LogP contribution in [0.15, 0.2) is 17.5 Å². The fraction of sp³-hybridized carbons (Fsp3) is 0.400. The average molecular weight is 194 g/mol. The third kappa shape index (κ3) is 1.70. The molecule has 0 spiro atoms. The second kappa shape index (κ2) is 3.42. The highest BCUT2D eigenvalue weighted by Crippen LogP contribution is 2.44. The van der Waals surface area contributed by atoms with Gasteiger partial charge in [-0.3, -0.25) is 9.59 Å². The number of aldehydes is 1. The molecule has 3 heteroatoms. The molecule has 13 heavy (non-hydrogen) atoms. The largest absolute Gasteiger partial charge is 0.295 e. The molecule has 1 aliphatic rings. The van der Waals surface area contributed by atoms with Crippen LogP contribution in [0.4, 0.5) is 0 Å². The summed E-state index contributed by atoms with van der Waals surface area (Å²) < 4.78 is 0. The van der Waals surface area contributed by atoms with Crippen molar-refractivity contribution in [2.75, 3.05) is 0 Å². The molecule has 1 aromatic heterocycles. The van der Waals surface area contributed by atoms with Crippen molar-refractivity contribution in [1.82, 2.24) is 0 Å². The number of thiophene rings is 1. The Morgan fingerprint density at radius 1 is 1.62 bits per heavy atom. The van der Waals surface area contributed by atoms with Gasteiger partial charge in [0.15, 0.2) is 6.29 Å². The number of ketones is 1. The Morgan fingerprint density at radius 2 is 2.38 bits per heavy atom. The average Bonchev–Trinajstić information content (AvgIpc) is 2.81. The zero-order chi connectivity index (χ0) is 9.26. The van der Waals surface area contributed by atoms with Crippen LogP contribution in [0.3, 0.4) is 0 Å². The summed E-state index contributed by atoms with van der Waals surface area (Å²) in [6, 6.07) is 3.86. The van der Waals surface area contributed by atoms with E-state index in [1.807, 2.05) is 17.5 Å². The molecule has 0 saturated heterocycles. The summed E-state index contributed by atoms with van der Waals surface area (Å²) in [5.41, 5.74) is 0. The first-order chi connectivity index (χ1) is 6.33. The zero-order valence-corrected chi connectivity index (χ0v) is 7.92. The summed E-state index contributed by atoms with van der Waals surface area (Å²) in [5.74, 6) is 0.0267. The zero-order valence-electron chi connectivity index (χ0n) is 7.10. The van der Waals surface area contributed by atoms with Crippen LogP contribution in [0.1, 0.15) is 23.6 Å². The lowest BCUT2D eigenvalue weighted by Gasteiger charge is -2.08. The van der Waals surface area contributed by atoms with E-state index in [2.05, 4.69) is 0 Å². The fourth-order valence-electron chi connectivity index (χ4n) is 1.58. The third-order valence-corrected chi connectivity index (χ3v) is 3.32. The van der Waals surface area contributed by atoms with E-state index in [9.17, 15) is 9.59 Å². The first-order valence-electron chi connectivity index (χ1n) is 4.35. The SMILES string of the molecule is O=CC(=O)C(c1cccs1)C1CC1. The molecule has 0 radical (unpaired) electrons. The number of hydrogen-bond acceptors (Lipinski definition) is 3. The Kier molecular flexibility index (Phi) is 2.27. The molecule has 0 aromatic carbocycles. The second-order valence-electron chi connectivity index (χ2n) is 3.35. The van der Waals surface area contributed by atoms with E-state index >= 15 is 0 Å². The van der Waals surface area contributed by atoms with E-state index in [0.29, 0.717) is 12.2 Å². The van der Waals surface area contributed by atoms with Gasteiger partial charge in [-0.15, -0.1) is 11.3 Å². The highest BCUT2D eigenvalue weighted by atomic mass is 32.1. The Hall–Kier alpha value is -0.960. The van der Waals surface area contributed by atoms with Crippen LogP contribution in [-0.2, 0) is 9.59 Å². The molecule has 1 unspecified atom stereocenters. The molecule has 0 aliphatic heterocycles. The predicted octanol–water partition coefficient (Wildman–Crippen LogP) is 2.01. The smallest absolute Gasteiger partial charge is 0.203 e. The highest BCUT2D eigenvalue weighted by molar-refractivity contribution is 7.10. The molecule has 2 rings (SSSR count). The molecule has 68 valence electrons. The molecule has 1 aliphatic carbocycles. The van der Waals surface area contributed by atoms with Crippen molar-refractivity contribution >= 4 is 23.4 Å². The predicted molar refractivity (Wildman–Crippen MR) is 50.9 cm³/mol. The lowest BCUT2D eigenvalue weighted by Crippen LogP contribution is -2.14. The first-order valence-corrected chi connectivity index (χ1v) is 5.23. The van der Waals surface area contributed by atoms with Gasteiger partial charge in [0.05, 0.1) is 5.92 Å². The van der Waals surface area contributed by atoms with Crippen molar-refractivity contribution in [2.45, 2.75) is 18.8 Å². The lowest BCUT2D eigenvalue weighted by molar-refractivity contribution is -0.131. The van der Waals surface area contributed by atoms with E-state index < -0.39 is 0 Å². The van der Waals surface area contributed by atoms with Gasteiger partial charge in [-0.1, -0.05) is 6.07 Å². The first kappa shape index (κ1) is 8.63. The van der Waals surface area contributed by atoms with Crippen molar-refractivity contribution in [3.8, 4) is 0 Å². The van der Waals surface area contributed by atoms with Crippen LogP contribution in [0.5, 0.6) is 0 Å². The molecule has 0 N–H and O–H groups in total. The van der Waals surface area contributed by atoms with E-state index in [1.165, 1.54) is 0 Å². The lowest BCUT2D eigenvalue weighted by atomic mass is 9.97. The summed E-state index contributed by atoms with van der Waals surface area (Å²) >= 11 is 1.56. The molecule has 0 amide bonds. The Morgan fingerprint density at radius 3 is 2.85 bits per heavy atom. The minimum Gasteiger partial charge on any atom is -0.295 e. The van der Waals surface area contributed by atoms with Crippen LogP contribution < -0.4 is 0 Å². The monoisotopic (exact) mass is 194 g/mol. The van der Waals surface area contributed by atoms with E-state index in [1.54, 1.807) is 11.3 Å². The van der Waals surface area contributed by atoms with E-state index in [-0.39, 0.29) is 11.7 Å². The van der Waals surface area contributed by atoms with Gasteiger partial charge < -0.3 is 0 Å². The van der Waals surface area contributed by atoms with Crippen LogP contribution in [0, 0.1) is 5.92 Å². The highest BCUT2D eigenvalue weighted by Gasteiger charge is 2.37. The van der Waals surface area contributed by atoms with Gasteiger partial charge in [-0.25, -0.2) is 0 Å². The number of hydrogen-bond donors (Lipinski definition) is 0. The molecule has 1 aromatic rings. The number of rotatable bonds is 4. The number of Topliss-reactive ketones (excluding diaryl/α,β-unsaturated/α-hetero) is 1. The maximum Gasteiger partial charge on any atom is 0.203 e. The topological polar surface area (TPSA) is 34.1 Å². The fourth-order valence-corrected chi connectivity index (χ4v) is 2.50. The Balaban J connectivity index is 2.23. The molecule has 2 nitrogen and oxygen atoms in total. The standard InChI is InChI=1S/C10H10O2S/c11-6-8(12)10(7-3-4-7)9-2-1-5-13-9/h1-2,5-7,10H,3-4H2. The minimum atomic E-state index is -0.259. The summed E-state index contributed by atoms with van der Waals surface area (Å²) in [6.45, 7) is 0. The quantitative estimate of drug-likeness (QED) is 0.542. The molecule has 1 atom stereocenters. The van der Waals surface area contributed by atoms with Crippen LogP contribution in [0.2, 0.25) is 0 Å². The van der Waals surface area contributed by atoms with Gasteiger partial charge in [0, 0.05) is 4.88 Å². The van der Waals surface area contributed by atoms with Gasteiger partial charge >= 0.3 is 0 Å². The van der Waals surface area contributed by atoms with E-state index in [4.69, 9.17) is 0 Å². The third-order valence-electron chi connectivity index (χ3n) is 2.37. The van der Waals surface area contributed by atoms with E-state index in [0.717, 1.165) is 17.7 Å². The van der Waals surface area contributed by atoms with Gasteiger partial charge in [-0.05, 0) is 30.2 Å². The molecule has 0 bridgehead atoms. The summed E-state index contributed by atoms with van der Waals surface area (Å²) in [7, 11) is 0. The molecule has 1 fully saturated rings. The van der Waals surface area contributed by atoms with Crippen molar-refractivity contribution < 1.29 is 9.59 Å². The van der Waals surface area contributed by atoms with Crippen molar-refractivity contribution in [2.24, 2.45) is 5.92 Å². The molecule has 1 heterocycles. The van der Waals surface area contributed by atoms with Gasteiger partial charge in [0.2, 0.25) is 5.78 Å². The normalized spacial score (nSPS) is 18.2. The van der Waals surface area contributed by atoms with Crippen LogP contribution >= 0.6 is 11.3 Å². The maximum atomic E-state index is 11.3. The molecule has 1 saturated carbocycles. The minimum absolute atomic E-state index is 0.141. The van der Waals surface area contributed by atoms with Crippen LogP contribution in [-0.4, -0.2) is 12.1 Å². The summed E-state index contributed by atoms with van der Waals surface area (Å²) in [4.78, 5) is 22.8. The van der Waals surface area contributed by atoms with Crippen LogP contribution in [0.25, 0.3) is 0 Å². The molecular weight excluding hydrogens is 184 g/mol. The number of carbonyl (C=O) groups is 2. The summed E-state index contributed by atoms with van der Waals surface area (Å²) in [5, 5.41) is 1.95. The number of carbonyl (C=O) groups excluding carboxylic acids is 2. The summed E-state index contributed by atoms with van der Waals surface area (Å²) in [6.07, 6.45) is 2.63. The Bertz CT molecular complexity index is 312. The van der Waals surface area contributed by atoms with Crippen molar-refractivity contribution in [3.63, 3.8) is 0 Å². The van der Waals surface area contributed by atoms with Gasteiger partial charge in [0.25, 0.3) is 0 Å². The van der Waals surface area contributed by atoms with Crippen molar-refractivity contribution in [3.05, 3.63) is 22.4 Å². The second-order valence-corrected chi connectivity index (χ2v) is 4.33. The van der Waals surface area contributed by atoms with Gasteiger partial charge in [0.1, 0.15) is 0 Å². The van der Waals surface area contributed by atoms with Crippen molar-refractivity contribution in [1.29, 1.82) is 0 Å². The van der Waals surface area contributed by atoms with Gasteiger partial charge in [-0.2, -0.15) is 0 Å². The Labute approximate surface area is 80.6 Å².